The molecule has 78 valence electrons. The maximum Gasteiger partial charge on any atom is 0.187 e. The molecule has 16 heavy (non-hydrogen) atoms. The molecule has 0 saturated heterocycles. The van der Waals surface area contributed by atoms with Crippen LogP contribution in [0.5, 0.6) is 0 Å². The van der Waals surface area contributed by atoms with Gasteiger partial charge in [0, 0.05) is 13.1 Å². The summed E-state index contributed by atoms with van der Waals surface area (Å²) in [5, 5.41) is 0. The average molecular weight is 210 g/mol. The highest BCUT2D eigenvalue weighted by Gasteiger charge is 2.04. The SMILES string of the molecule is [C-]#[N+]c1ccc(-c2c[nH]c(C(C)=O)c2)cc1. The second kappa shape index (κ2) is 4.03. The minimum atomic E-state index is 0.0176. The Kier molecular flexibility index (Phi) is 2.57. The second-order valence-electron chi connectivity index (χ2n) is 3.52. The van der Waals surface area contributed by atoms with Crippen LogP contribution in [-0.2, 0) is 0 Å². The van der Waals surface area contributed by atoms with E-state index in [2.05, 4.69) is 9.83 Å². The van der Waals surface area contributed by atoms with Gasteiger partial charge in [0.1, 0.15) is 0 Å². The summed E-state index contributed by atoms with van der Waals surface area (Å²) in [6.07, 6.45) is 1.80. The summed E-state index contributed by atoms with van der Waals surface area (Å²) in [6.45, 7) is 8.38. The molecule has 0 spiro atoms. The van der Waals surface area contributed by atoms with Gasteiger partial charge >= 0.3 is 0 Å². The number of hydrogen-bond donors (Lipinski definition) is 1. The van der Waals surface area contributed by atoms with Crippen LogP contribution < -0.4 is 0 Å². The normalized spacial score (nSPS) is 9.75. The Morgan fingerprint density at radius 2 is 1.94 bits per heavy atom. The molecule has 0 aliphatic carbocycles. The van der Waals surface area contributed by atoms with E-state index in [4.69, 9.17) is 6.57 Å². The third-order valence-electron chi connectivity index (χ3n) is 2.39. The third kappa shape index (κ3) is 1.86. The molecule has 3 nitrogen and oxygen atoms in total. The number of benzene rings is 1. The highest BCUT2D eigenvalue weighted by molar-refractivity contribution is 5.93. The lowest BCUT2D eigenvalue weighted by Crippen LogP contribution is -1.89. The van der Waals surface area contributed by atoms with Crippen molar-refractivity contribution in [2.75, 3.05) is 0 Å². The number of nitrogens with zero attached hydrogens (tertiary/aromatic N) is 1. The first kappa shape index (κ1) is 10.2. The van der Waals surface area contributed by atoms with Crippen molar-refractivity contribution in [3.8, 4) is 11.1 Å². The number of aromatic nitrogens is 1. The van der Waals surface area contributed by atoms with Gasteiger partial charge in [0.2, 0.25) is 0 Å². The van der Waals surface area contributed by atoms with Crippen LogP contribution in [-0.4, -0.2) is 10.8 Å². The Labute approximate surface area is 93.6 Å². The molecule has 1 heterocycles. The van der Waals surface area contributed by atoms with Crippen molar-refractivity contribution < 1.29 is 4.79 Å². The topological polar surface area (TPSA) is 37.2 Å². The van der Waals surface area contributed by atoms with Gasteiger partial charge in [0.05, 0.1) is 12.3 Å². The summed E-state index contributed by atoms with van der Waals surface area (Å²) in [5.41, 5.74) is 3.17. The predicted molar refractivity (Wildman–Crippen MR) is 62.5 cm³/mol. The van der Waals surface area contributed by atoms with Crippen LogP contribution in [0.25, 0.3) is 16.0 Å². The largest absolute Gasteiger partial charge is 0.358 e. The summed E-state index contributed by atoms with van der Waals surface area (Å²) in [7, 11) is 0. The second-order valence-corrected chi connectivity index (χ2v) is 3.52. The lowest BCUT2D eigenvalue weighted by Gasteiger charge is -1.96. The fourth-order valence-corrected chi connectivity index (χ4v) is 1.49. The number of ketones is 1. The number of hydrogen-bond acceptors (Lipinski definition) is 1. The van der Waals surface area contributed by atoms with E-state index >= 15 is 0 Å². The van der Waals surface area contributed by atoms with E-state index in [-0.39, 0.29) is 5.78 Å². The number of nitrogens with one attached hydrogen (secondary N) is 1. The van der Waals surface area contributed by atoms with Crippen LogP contribution in [0, 0.1) is 6.57 Å². The van der Waals surface area contributed by atoms with Crippen LogP contribution >= 0.6 is 0 Å². The number of carbonyl (C=O) groups excluding carboxylic acids is 1. The first-order chi connectivity index (χ1) is 7.70. The van der Waals surface area contributed by atoms with Crippen molar-refractivity contribution in [2.45, 2.75) is 6.92 Å². The molecular weight excluding hydrogens is 200 g/mol. The molecule has 0 aliphatic heterocycles. The Morgan fingerprint density at radius 1 is 1.25 bits per heavy atom. The van der Waals surface area contributed by atoms with E-state index in [1.807, 2.05) is 18.2 Å². The minimum absolute atomic E-state index is 0.0176. The number of aromatic amines is 1. The molecule has 0 bridgehead atoms. The molecule has 2 rings (SSSR count). The van der Waals surface area contributed by atoms with Gasteiger partial charge < -0.3 is 4.98 Å². The zero-order chi connectivity index (χ0) is 11.5. The van der Waals surface area contributed by atoms with E-state index in [0.29, 0.717) is 11.4 Å². The van der Waals surface area contributed by atoms with Gasteiger partial charge in [-0.05, 0) is 17.2 Å². The average Bonchev–Trinajstić information content (AvgIpc) is 2.78. The number of Topliss-reactive ketones (excluding diaryl/α,β-unsaturated/α-hetero) is 1. The highest BCUT2D eigenvalue weighted by Crippen LogP contribution is 2.23. The fraction of sp³-hybridized carbons (Fsp3) is 0.0769. The molecular formula is C13H10N2O. The van der Waals surface area contributed by atoms with E-state index in [9.17, 15) is 4.79 Å². The molecule has 1 aromatic carbocycles. The molecule has 0 amide bonds. The number of rotatable bonds is 2. The molecule has 3 heteroatoms. The van der Waals surface area contributed by atoms with Gasteiger partial charge in [-0.25, -0.2) is 4.85 Å². The van der Waals surface area contributed by atoms with Crippen molar-refractivity contribution in [1.82, 2.24) is 4.98 Å². The van der Waals surface area contributed by atoms with Gasteiger partial charge in [-0.15, -0.1) is 0 Å². The highest BCUT2D eigenvalue weighted by atomic mass is 16.1. The summed E-state index contributed by atoms with van der Waals surface area (Å²) in [5.74, 6) is 0.0176. The van der Waals surface area contributed by atoms with Crippen molar-refractivity contribution in [1.29, 1.82) is 0 Å². The summed E-state index contributed by atoms with van der Waals surface area (Å²) < 4.78 is 0. The molecule has 0 aliphatic rings. The number of H-pyrrole nitrogens is 1. The van der Waals surface area contributed by atoms with E-state index in [1.165, 1.54) is 6.92 Å². The van der Waals surface area contributed by atoms with E-state index in [1.54, 1.807) is 18.3 Å². The van der Waals surface area contributed by atoms with Crippen LogP contribution in [0.1, 0.15) is 17.4 Å². The molecule has 0 fully saturated rings. The lowest BCUT2D eigenvalue weighted by molar-refractivity contribution is 0.101. The molecule has 0 saturated carbocycles. The van der Waals surface area contributed by atoms with Crippen molar-refractivity contribution >= 4 is 11.5 Å². The quantitative estimate of drug-likeness (QED) is 0.598. The molecule has 0 radical (unpaired) electrons. The Hall–Kier alpha value is -2.34. The monoisotopic (exact) mass is 210 g/mol. The first-order valence-electron chi connectivity index (χ1n) is 4.88. The van der Waals surface area contributed by atoms with Crippen LogP contribution in [0.3, 0.4) is 0 Å². The van der Waals surface area contributed by atoms with Crippen molar-refractivity contribution in [2.24, 2.45) is 0 Å². The molecule has 0 unspecified atom stereocenters. The van der Waals surface area contributed by atoms with Crippen molar-refractivity contribution in [3.63, 3.8) is 0 Å². The van der Waals surface area contributed by atoms with Gasteiger partial charge in [0.25, 0.3) is 0 Å². The minimum Gasteiger partial charge on any atom is -0.358 e. The van der Waals surface area contributed by atoms with Gasteiger partial charge in [-0.2, -0.15) is 0 Å². The molecule has 1 N–H and O–H groups in total. The Bertz CT molecular complexity index is 558. The molecule has 2 aromatic rings. The van der Waals surface area contributed by atoms with Crippen LogP contribution in [0.2, 0.25) is 0 Å². The fourth-order valence-electron chi connectivity index (χ4n) is 1.49. The first-order valence-corrected chi connectivity index (χ1v) is 4.88. The smallest absolute Gasteiger partial charge is 0.187 e. The summed E-state index contributed by atoms with van der Waals surface area (Å²) in [4.78, 5) is 17.4. The van der Waals surface area contributed by atoms with Gasteiger partial charge in [-0.3, -0.25) is 4.79 Å². The lowest BCUT2D eigenvalue weighted by atomic mass is 10.1. The maximum atomic E-state index is 11.1. The van der Waals surface area contributed by atoms with Gasteiger partial charge in [0.15, 0.2) is 11.5 Å². The molecule has 0 atom stereocenters. The predicted octanol–water partition coefficient (Wildman–Crippen LogP) is 3.44. The third-order valence-corrected chi connectivity index (χ3v) is 2.39. The van der Waals surface area contributed by atoms with E-state index in [0.717, 1.165) is 11.1 Å². The van der Waals surface area contributed by atoms with Gasteiger partial charge in [-0.1, -0.05) is 24.3 Å². The summed E-state index contributed by atoms with van der Waals surface area (Å²) in [6, 6.07) is 9.10. The summed E-state index contributed by atoms with van der Waals surface area (Å²) >= 11 is 0. The Balaban J connectivity index is 2.36. The maximum absolute atomic E-state index is 11.1. The van der Waals surface area contributed by atoms with E-state index < -0.39 is 0 Å². The van der Waals surface area contributed by atoms with Crippen molar-refractivity contribution in [3.05, 3.63) is 53.6 Å². The zero-order valence-corrected chi connectivity index (χ0v) is 8.82. The molecule has 1 aromatic heterocycles. The number of carbonyl (C=O) groups is 1. The standard InChI is InChI=1S/C13H10N2O/c1-9(16)13-7-11(8-15-13)10-3-5-12(14-2)6-4-10/h3-8,15H,1H3. The van der Waals surface area contributed by atoms with Crippen LogP contribution in [0.4, 0.5) is 5.69 Å². The zero-order valence-electron chi connectivity index (χ0n) is 8.82. The Morgan fingerprint density at radius 3 is 2.44 bits per heavy atom. The van der Waals surface area contributed by atoms with Crippen LogP contribution in [0.15, 0.2) is 36.5 Å².